The third kappa shape index (κ3) is 2.46. The highest BCUT2D eigenvalue weighted by Crippen LogP contribution is 2.25. The normalized spacial score (nSPS) is 11.3. The maximum absolute atomic E-state index is 13.5. The molecule has 0 aliphatic heterocycles. The SMILES string of the molecule is Cc1cc(S(=O)(=O)N(C)c2ccccc2)cc(N)c1F. The predicted molar refractivity (Wildman–Crippen MR) is 77.6 cm³/mol. The van der Waals surface area contributed by atoms with Crippen molar-refractivity contribution in [3.63, 3.8) is 0 Å². The number of rotatable bonds is 3. The minimum Gasteiger partial charge on any atom is -0.396 e. The molecule has 2 aromatic carbocycles. The Bertz CT molecular complexity index is 707. The molecular formula is C14H15FN2O2S. The third-order valence-corrected chi connectivity index (χ3v) is 4.80. The Morgan fingerprint density at radius 1 is 1.15 bits per heavy atom. The molecule has 0 aliphatic rings. The fourth-order valence-corrected chi connectivity index (χ4v) is 3.16. The fourth-order valence-electron chi connectivity index (χ4n) is 1.85. The van der Waals surface area contributed by atoms with Crippen molar-refractivity contribution < 1.29 is 12.8 Å². The molecular weight excluding hydrogens is 279 g/mol. The van der Waals surface area contributed by atoms with Crippen LogP contribution in [0.3, 0.4) is 0 Å². The molecule has 0 saturated heterocycles. The summed E-state index contributed by atoms with van der Waals surface area (Å²) in [5, 5.41) is 0. The van der Waals surface area contributed by atoms with E-state index in [1.54, 1.807) is 30.3 Å². The van der Waals surface area contributed by atoms with Gasteiger partial charge in [0.25, 0.3) is 10.0 Å². The van der Waals surface area contributed by atoms with Crippen LogP contribution in [0.5, 0.6) is 0 Å². The van der Waals surface area contributed by atoms with Gasteiger partial charge < -0.3 is 5.73 Å². The number of halogens is 1. The smallest absolute Gasteiger partial charge is 0.264 e. The van der Waals surface area contributed by atoms with Crippen molar-refractivity contribution in [3.05, 3.63) is 53.8 Å². The lowest BCUT2D eigenvalue weighted by Crippen LogP contribution is -2.26. The molecule has 0 saturated carbocycles. The number of aryl methyl sites for hydroxylation is 1. The Labute approximate surface area is 117 Å². The van der Waals surface area contributed by atoms with E-state index in [0.717, 1.165) is 10.4 Å². The molecule has 2 N–H and O–H groups in total. The van der Waals surface area contributed by atoms with Gasteiger partial charge in [0, 0.05) is 7.05 Å². The topological polar surface area (TPSA) is 63.4 Å². The molecule has 0 atom stereocenters. The Kier molecular flexibility index (Phi) is 3.67. The van der Waals surface area contributed by atoms with Gasteiger partial charge in [-0.25, -0.2) is 12.8 Å². The number of hydrogen-bond acceptors (Lipinski definition) is 3. The fraction of sp³-hybridized carbons (Fsp3) is 0.143. The second-order valence-electron chi connectivity index (χ2n) is 4.45. The molecule has 0 bridgehead atoms. The van der Waals surface area contributed by atoms with E-state index in [1.807, 2.05) is 0 Å². The number of benzene rings is 2. The molecule has 4 nitrogen and oxygen atoms in total. The summed E-state index contributed by atoms with van der Waals surface area (Å²) in [4.78, 5) is -0.0275. The van der Waals surface area contributed by atoms with Crippen molar-refractivity contribution in [2.24, 2.45) is 0 Å². The second kappa shape index (κ2) is 5.13. The van der Waals surface area contributed by atoms with E-state index in [0.29, 0.717) is 5.69 Å². The largest absolute Gasteiger partial charge is 0.396 e. The molecule has 106 valence electrons. The van der Waals surface area contributed by atoms with Gasteiger partial charge >= 0.3 is 0 Å². The molecule has 0 radical (unpaired) electrons. The number of nitrogens with two attached hydrogens (primary N) is 1. The lowest BCUT2D eigenvalue weighted by Gasteiger charge is -2.20. The molecule has 2 rings (SSSR count). The summed E-state index contributed by atoms with van der Waals surface area (Å²) in [6, 6.07) is 11.0. The predicted octanol–water partition coefficient (Wildman–Crippen LogP) is 2.54. The molecule has 0 unspecified atom stereocenters. The summed E-state index contributed by atoms with van der Waals surface area (Å²) in [6.45, 7) is 1.48. The maximum Gasteiger partial charge on any atom is 0.264 e. The molecule has 0 aromatic heterocycles. The summed E-state index contributed by atoms with van der Waals surface area (Å²) in [5.74, 6) is -0.591. The van der Waals surface area contributed by atoms with Gasteiger partial charge in [-0.15, -0.1) is 0 Å². The molecule has 0 spiro atoms. The summed E-state index contributed by atoms with van der Waals surface area (Å²) in [7, 11) is -2.32. The van der Waals surface area contributed by atoms with Crippen molar-refractivity contribution >= 4 is 21.4 Å². The minimum absolute atomic E-state index is 0.0275. The van der Waals surface area contributed by atoms with Crippen LogP contribution in [-0.4, -0.2) is 15.5 Å². The van der Waals surface area contributed by atoms with Crippen molar-refractivity contribution in [2.75, 3.05) is 17.1 Å². The lowest BCUT2D eigenvalue weighted by molar-refractivity contribution is 0.592. The van der Waals surface area contributed by atoms with E-state index < -0.39 is 15.8 Å². The average Bonchev–Trinajstić information content (AvgIpc) is 2.44. The molecule has 0 aliphatic carbocycles. The Morgan fingerprint density at radius 3 is 2.30 bits per heavy atom. The van der Waals surface area contributed by atoms with Crippen LogP contribution in [0.4, 0.5) is 15.8 Å². The number of nitrogen functional groups attached to an aromatic ring is 1. The summed E-state index contributed by atoms with van der Waals surface area (Å²) < 4.78 is 39.6. The van der Waals surface area contributed by atoms with Crippen LogP contribution in [-0.2, 0) is 10.0 Å². The minimum atomic E-state index is -3.77. The molecule has 20 heavy (non-hydrogen) atoms. The highest BCUT2D eigenvalue weighted by Gasteiger charge is 2.23. The second-order valence-corrected chi connectivity index (χ2v) is 6.42. The third-order valence-electron chi connectivity index (χ3n) is 3.03. The van der Waals surface area contributed by atoms with Crippen molar-refractivity contribution in [3.8, 4) is 0 Å². The van der Waals surface area contributed by atoms with E-state index in [9.17, 15) is 12.8 Å². The lowest BCUT2D eigenvalue weighted by atomic mass is 10.2. The first-order valence-electron chi connectivity index (χ1n) is 5.93. The van der Waals surface area contributed by atoms with E-state index >= 15 is 0 Å². The molecule has 2 aromatic rings. The number of anilines is 2. The van der Waals surface area contributed by atoms with Gasteiger partial charge in [-0.2, -0.15) is 0 Å². The maximum atomic E-state index is 13.5. The van der Waals surface area contributed by atoms with Gasteiger partial charge in [0.2, 0.25) is 0 Å². The Hall–Kier alpha value is -2.08. The number of hydrogen-bond donors (Lipinski definition) is 1. The molecule has 0 heterocycles. The molecule has 0 amide bonds. The summed E-state index contributed by atoms with van der Waals surface area (Å²) in [5.41, 5.74) is 6.04. The standard InChI is InChI=1S/C14H15FN2O2S/c1-10-8-12(9-13(16)14(10)15)20(18,19)17(2)11-6-4-3-5-7-11/h3-9H,16H2,1-2H3. The zero-order valence-corrected chi connectivity index (χ0v) is 12.0. The van der Waals surface area contributed by atoms with Crippen LogP contribution < -0.4 is 10.0 Å². The van der Waals surface area contributed by atoms with E-state index in [2.05, 4.69) is 0 Å². The van der Waals surface area contributed by atoms with Crippen LogP contribution in [0.15, 0.2) is 47.4 Å². The van der Waals surface area contributed by atoms with E-state index in [4.69, 9.17) is 5.73 Å². The van der Waals surface area contributed by atoms with Gasteiger partial charge in [0.1, 0.15) is 5.82 Å². The van der Waals surface area contributed by atoms with Crippen molar-refractivity contribution in [1.82, 2.24) is 0 Å². The van der Waals surface area contributed by atoms with Crippen LogP contribution in [0.2, 0.25) is 0 Å². The first-order valence-corrected chi connectivity index (χ1v) is 7.37. The van der Waals surface area contributed by atoms with Crippen LogP contribution in [0.1, 0.15) is 5.56 Å². The monoisotopic (exact) mass is 294 g/mol. The zero-order valence-electron chi connectivity index (χ0n) is 11.2. The van der Waals surface area contributed by atoms with Crippen molar-refractivity contribution in [1.29, 1.82) is 0 Å². The summed E-state index contributed by atoms with van der Waals surface area (Å²) in [6.07, 6.45) is 0. The van der Waals surface area contributed by atoms with Gasteiger partial charge in [-0.1, -0.05) is 18.2 Å². The van der Waals surface area contributed by atoms with Crippen molar-refractivity contribution in [2.45, 2.75) is 11.8 Å². The molecule has 6 heteroatoms. The average molecular weight is 294 g/mol. The van der Waals surface area contributed by atoms with Crippen LogP contribution in [0.25, 0.3) is 0 Å². The Balaban J connectivity index is 2.51. The van der Waals surface area contributed by atoms with Crippen LogP contribution >= 0.6 is 0 Å². The van der Waals surface area contributed by atoms with E-state index in [1.165, 1.54) is 20.0 Å². The van der Waals surface area contributed by atoms with Gasteiger partial charge in [-0.05, 0) is 36.8 Å². The Morgan fingerprint density at radius 2 is 1.75 bits per heavy atom. The van der Waals surface area contributed by atoms with Gasteiger partial charge in [0.15, 0.2) is 0 Å². The van der Waals surface area contributed by atoms with Gasteiger partial charge in [-0.3, -0.25) is 4.31 Å². The highest BCUT2D eigenvalue weighted by molar-refractivity contribution is 7.92. The first-order chi connectivity index (χ1) is 9.34. The number of para-hydroxylation sites is 1. The van der Waals surface area contributed by atoms with Crippen LogP contribution in [0, 0.1) is 12.7 Å². The number of sulfonamides is 1. The van der Waals surface area contributed by atoms with E-state index in [-0.39, 0.29) is 16.1 Å². The molecule has 0 fully saturated rings. The first kappa shape index (κ1) is 14.3. The number of nitrogens with zero attached hydrogens (tertiary/aromatic N) is 1. The van der Waals surface area contributed by atoms with Gasteiger partial charge in [0.05, 0.1) is 16.3 Å². The summed E-state index contributed by atoms with van der Waals surface area (Å²) >= 11 is 0. The zero-order chi connectivity index (χ0) is 14.9. The quantitative estimate of drug-likeness (QED) is 0.885. The highest BCUT2D eigenvalue weighted by atomic mass is 32.2.